The van der Waals surface area contributed by atoms with E-state index in [9.17, 15) is 10.1 Å². The first-order chi connectivity index (χ1) is 13.5. The van der Waals surface area contributed by atoms with Gasteiger partial charge in [-0.3, -0.25) is 4.79 Å². The number of allylic oxidation sites excluding steroid dienone is 1. The first kappa shape index (κ1) is 18.9. The number of nitriles is 1. The number of nitrogens with one attached hydrogen (secondary N) is 2. The van der Waals surface area contributed by atoms with E-state index in [2.05, 4.69) is 21.9 Å². The molecule has 2 N–H and O–H groups in total. The van der Waals surface area contributed by atoms with Crippen LogP contribution in [-0.2, 0) is 0 Å². The molecule has 0 aliphatic rings. The maximum absolute atomic E-state index is 12.4. The van der Waals surface area contributed by atoms with Crippen molar-refractivity contribution in [3.05, 3.63) is 76.7 Å². The molecule has 0 saturated heterocycles. The Hall–Kier alpha value is -3.85. The molecular formula is C22H20N4O2. The Labute approximate surface area is 163 Å². The second-order valence-corrected chi connectivity index (χ2v) is 6.24. The number of nitrogens with zero attached hydrogens (tertiary/aromatic N) is 2. The molecule has 0 unspecified atom stereocenters. The SMILES string of the molecule is CNc1ccccc1/C(C#N)=C/c1ccc(NC(=O)c2c(C)noc2C)cc1. The van der Waals surface area contributed by atoms with Crippen LogP contribution in [0.5, 0.6) is 0 Å². The number of aromatic nitrogens is 1. The molecule has 6 heteroatoms. The molecule has 0 saturated carbocycles. The molecule has 2 aromatic carbocycles. The average Bonchev–Trinajstić information content (AvgIpc) is 3.05. The van der Waals surface area contributed by atoms with Crippen LogP contribution in [0.15, 0.2) is 53.1 Å². The van der Waals surface area contributed by atoms with Gasteiger partial charge < -0.3 is 15.2 Å². The molecule has 28 heavy (non-hydrogen) atoms. The van der Waals surface area contributed by atoms with Gasteiger partial charge in [-0.15, -0.1) is 0 Å². The van der Waals surface area contributed by atoms with Crippen LogP contribution in [-0.4, -0.2) is 18.1 Å². The van der Waals surface area contributed by atoms with E-state index in [1.807, 2.05) is 49.5 Å². The Morgan fingerprint density at radius 3 is 2.46 bits per heavy atom. The zero-order valence-electron chi connectivity index (χ0n) is 15.9. The fourth-order valence-electron chi connectivity index (χ4n) is 2.94. The van der Waals surface area contributed by atoms with E-state index in [0.717, 1.165) is 16.8 Å². The van der Waals surface area contributed by atoms with E-state index in [0.29, 0.717) is 28.3 Å². The highest BCUT2D eigenvalue weighted by Gasteiger charge is 2.17. The van der Waals surface area contributed by atoms with Gasteiger partial charge in [-0.1, -0.05) is 35.5 Å². The minimum Gasteiger partial charge on any atom is -0.388 e. The maximum atomic E-state index is 12.4. The van der Waals surface area contributed by atoms with Crippen molar-refractivity contribution in [2.45, 2.75) is 13.8 Å². The highest BCUT2D eigenvalue weighted by atomic mass is 16.5. The summed E-state index contributed by atoms with van der Waals surface area (Å²) in [5, 5.41) is 19.3. The zero-order chi connectivity index (χ0) is 20.1. The molecule has 1 amide bonds. The van der Waals surface area contributed by atoms with Gasteiger partial charge >= 0.3 is 0 Å². The van der Waals surface area contributed by atoms with Gasteiger partial charge in [0.15, 0.2) is 0 Å². The predicted molar refractivity (Wildman–Crippen MR) is 110 cm³/mol. The first-order valence-corrected chi connectivity index (χ1v) is 8.76. The van der Waals surface area contributed by atoms with E-state index in [4.69, 9.17) is 4.52 Å². The lowest BCUT2D eigenvalue weighted by Gasteiger charge is -2.08. The highest BCUT2D eigenvalue weighted by molar-refractivity contribution is 6.05. The number of hydrogen-bond donors (Lipinski definition) is 2. The molecule has 0 spiro atoms. The van der Waals surface area contributed by atoms with Gasteiger partial charge in [0.1, 0.15) is 11.3 Å². The fraction of sp³-hybridized carbons (Fsp3) is 0.136. The third-order valence-corrected chi connectivity index (χ3v) is 4.35. The standard InChI is InChI=1S/C22H20N4O2/c1-14-21(15(2)28-26-14)22(27)25-18-10-8-16(9-11-18)12-17(13-23)19-6-4-5-7-20(19)24-3/h4-12,24H,1-3H3,(H,25,27)/b17-12+. The molecule has 3 aromatic rings. The lowest BCUT2D eigenvalue weighted by atomic mass is 10.0. The summed E-state index contributed by atoms with van der Waals surface area (Å²) >= 11 is 0. The van der Waals surface area contributed by atoms with E-state index < -0.39 is 0 Å². The summed E-state index contributed by atoms with van der Waals surface area (Å²) in [7, 11) is 1.82. The van der Waals surface area contributed by atoms with Crippen LogP contribution in [0.3, 0.4) is 0 Å². The summed E-state index contributed by atoms with van der Waals surface area (Å²) in [6.45, 7) is 3.43. The lowest BCUT2D eigenvalue weighted by molar-refractivity contribution is 0.102. The van der Waals surface area contributed by atoms with Crippen molar-refractivity contribution in [2.24, 2.45) is 0 Å². The van der Waals surface area contributed by atoms with Gasteiger partial charge in [-0.05, 0) is 43.7 Å². The van der Waals surface area contributed by atoms with Crippen LogP contribution < -0.4 is 10.6 Å². The molecular weight excluding hydrogens is 352 g/mol. The van der Waals surface area contributed by atoms with Crippen molar-refractivity contribution in [1.82, 2.24) is 5.16 Å². The molecule has 0 atom stereocenters. The van der Waals surface area contributed by atoms with Crippen LogP contribution in [0.2, 0.25) is 0 Å². The molecule has 0 radical (unpaired) electrons. The number of hydrogen-bond acceptors (Lipinski definition) is 5. The highest BCUT2D eigenvalue weighted by Crippen LogP contribution is 2.25. The molecule has 3 rings (SSSR count). The first-order valence-electron chi connectivity index (χ1n) is 8.76. The Bertz CT molecular complexity index is 1050. The van der Waals surface area contributed by atoms with E-state index in [-0.39, 0.29) is 5.91 Å². The van der Waals surface area contributed by atoms with Crippen LogP contribution in [0.4, 0.5) is 11.4 Å². The number of amides is 1. The summed E-state index contributed by atoms with van der Waals surface area (Å²) in [5.74, 6) is 0.219. The third kappa shape index (κ3) is 3.94. The van der Waals surface area contributed by atoms with Crippen LogP contribution in [0.25, 0.3) is 11.6 Å². The number of carbonyl (C=O) groups excluding carboxylic acids is 1. The minimum atomic E-state index is -0.264. The molecule has 0 aliphatic carbocycles. The summed E-state index contributed by atoms with van der Waals surface area (Å²) in [5.41, 5.74) is 4.78. The van der Waals surface area contributed by atoms with Gasteiger partial charge in [0, 0.05) is 24.0 Å². The lowest BCUT2D eigenvalue weighted by Crippen LogP contribution is -2.13. The van der Waals surface area contributed by atoms with Crippen LogP contribution in [0, 0.1) is 25.2 Å². The van der Waals surface area contributed by atoms with E-state index in [1.54, 1.807) is 26.0 Å². The van der Waals surface area contributed by atoms with Crippen LogP contribution >= 0.6 is 0 Å². The molecule has 1 heterocycles. The van der Waals surface area contributed by atoms with Gasteiger partial charge in [-0.25, -0.2) is 0 Å². The Balaban J connectivity index is 1.81. The van der Waals surface area contributed by atoms with Gasteiger partial charge in [0.2, 0.25) is 0 Å². The number of para-hydroxylation sites is 1. The van der Waals surface area contributed by atoms with E-state index in [1.165, 1.54) is 0 Å². The van der Waals surface area contributed by atoms with Crippen molar-refractivity contribution in [3.8, 4) is 6.07 Å². The summed E-state index contributed by atoms with van der Waals surface area (Å²) in [6, 6.07) is 17.2. The van der Waals surface area contributed by atoms with Gasteiger partial charge in [0.05, 0.1) is 17.3 Å². The fourth-order valence-corrected chi connectivity index (χ4v) is 2.94. The Morgan fingerprint density at radius 1 is 1.14 bits per heavy atom. The summed E-state index contributed by atoms with van der Waals surface area (Å²) < 4.78 is 5.04. The third-order valence-electron chi connectivity index (χ3n) is 4.35. The quantitative estimate of drug-likeness (QED) is 0.502. The number of carbonyl (C=O) groups is 1. The molecule has 0 bridgehead atoms. The van der Waals surface area contributed by atoms with Crippen molar-refractivity contribution in [1.29, 1.82) is 5.26 Å². The molecule has 6 nitrogen and oxygen atoms in total. The monoisotopic (exact) mass is 372 g/mol. The van der Waals surface area contributed by atoms with Gasteiger partial charge in [0.25, 0.3) is 5.91 Å². The van der Waals surface area contributed by atoms with Crippen molar-refractivity contribution < 1.29 is 9.32 Å². The van der Waals surface area contributed by atoms with Crippen molar-refractivity contribution >= 4 is 28.9 Å². The number of anilines is 2. The molecule has 0 fully saturated rings. The summed E-state index contributed by atoms with van der Waals surface area (Å²) in [4.78, 5) is 12.4. The number of benzene rings is 2. The van der Waals surface area contributed by atoms with Gasteiger partial charge in [-0.2, -0.15) is 5.26 Å². The Morgan fingerprint density at radius 2 is 1.86 bits per heavy atom. The average molecular weight is 372 g/mol. The van der Waals surface area contributed by atoms with Crippen molar-refractivity contribution in [3.63, 3.8) is 0 Å². The van der Waals surface area contributed by atoms with Crippen LogP contribution in [0.1, 0.15) is 32.9 Å². The number of rotatable bonds is 5. The zero-order valence-corrected chi connectivity index (χ0v) is 15.9. The second-order valence-electron chi connectivity index (χ2n) is 6.24. The maximum Gasteiger partial charge on any atom is 0.261 e. The largest absolute Gasteiger partial charge is 0.388 e. The second kappa shape index (κ2) is 8.23. The molecule has 140 valence electrons. The smallest absolute Gasteiger partial charge is 0.261 e. The van der Waals surface area contributed by atoms with Crippen molar-refractivity contribution in [2.75, 3.05) is 17.7 Å². The molecule has 0 aliphatic heterocycles. The normalized spacial score (nSPS) is 11.0. The topological polar surface area (TPSA) is 91.0 Å². The van der Waals surface area contributed by atoms with E-state index >= 15 is 0 Å². The Kier molecular flexibility index (Phi) is 5.56. The predicted octanol–water partition coefficient (Wildman–Crippen LogP) is 4.65. The molecule has 1 aromatic heterocycles. The minimum absolute atomic E-state index is 0.264. The summed E-state index contributed by atoms with van der Waals surface area (Å²) in [6.07, 6.45) is 1.82. The number of aryl methyl sites for hydroxylation is 2.